The van der Waals surface area contributed by atoms with Crippen molar-refractivity contribution >= 4 is 28.5 Å². The molecule has 0 unspecified atom stereocenters. The Balaban J connectivity index is 1.76. The van der Waals surface area contributed by atoms with Gasteiger partial charge >= 0.3 is 11.9 Å². The smallest absolute Gasteiger partial charge is 0.348 e. The molecule has 4 aliphatic rings. The maximum atomic E-state index is 13.9. The molecular weight excluding hydrogens is 444 g/mol. The van der Waals surface area contributed by atoms with Gasteiger partial charge in [0.15, 0.2) is 17.3 Å². The summed E-state index contributed by atoms with van der Waals surface area (Å²) in [4.78, 5) is 39.1. The van der Waals surface area contributed by atoms with Gasteiger partial charge in [0.25, 0.3) is 0 Å². The van der Waals surface area contributed by atoms with Gasteiger partial charge in [-0.3, -0.25) is 4.79 Å². The molecule has 1 spiro atoms. The topological polar surface area (TPSA) is 151 Å². The first-order valence-corrected chi connectivity index (χ1v) is 10.7. The van der Waals surface area contributed by atoms with Crippen LogP contribution in [0, 0.1) is 13.8 Å². The third-order valence-corrected chi connectivity index (χ3v) is 7.81. The number of ketones is 1. The number of rotatable bonds is 0. The summed E-state index contributed by atoms with van der Waals surface area (Å²) in [5, 5.41) is 44.7. The number of phenolic OH excluding ortho intramolecular Hbond substituents is 3. The predicted molar refractivity (Wildman–Crippen MR) is 114 cm³/mol. The summed E-state index contributed by atoms with van der Waals surface area (Å²) in [6.07, 6.45) is -1.42. The largest absolute Gasteiger partial charge is 0.507 e. The first kappa shape index (κ1) is 19.4. The normalized spacial score (nSPS) is 25.3. The van der Waals surface area contributed by atoms with E-state index in [9.17, 15) is 34.8 Å². The SMILES string of the molecule is Cc1cc(O)c2c3c1C(=O)[C@H]1c4c(c(O)c5c6c(c(O)cc(C)c46)C(=O)O5)[C@@]3(COC2=O)[C@H]1O. The fourth-order valence-corrected chi connectivity index (χ4v) is 6.61. The van der Waals surface area contributed by atoms with Gasteiger partial charge in [-0.15, -0.1) is 0 Å². The van der Waals surface area contributed by atoms with E-state index in [0.717, 1.165) is 0 Å². The van der Waals surface area contributed by atoms with E-state index >= 15 is 0 Å². The van der Waals surface area contributed by atoms with Gasteiger partial charge in [0.2, 0.25) is 0 Å². The average molecular weight is 460 g/mol. The number of aliphatic hydroxyl groups is 1. The van der Waals surface area contributed by atoms with E-state index in [1.165, 1.54) is 12.1 Å². The second-order valence-corrected chi connectivity index (χ2v) is 9.37. The van der Waals surface area contributed by atoms with E-state index in [1.807, 2.05) is 0 Å². The minimum atomic E-state index is -1.57. The van der Waals surface area contributed by atoms with Gasteiger partial charge in [-0.25, -0.2) is 9.59 Å². The summed E-state index contributed by atoms with van der Waals surface area (Å²) in [5.74, 6) is -4.69. The molecule has 0 saturated heterocycles. The maximum Gasteiger partial charge on any atom is 0.348 e. The van der Waals surface area contributed by atoms with Crippen molar-refractivity contribution in [1.82, 2.24) is 0 Å². The Morgan fingerprint density at radius 1 is 0.882 bits per heavy atom. The highest BCUT2D eigenvalue weighted by Gasteiger charge is 2.66. The molecule has 2 heterocycles. The molecule has 0 fully saturated rings. The van der Waals surface area contributed by atoms with Crippen LogP contribution in [0.2, 0.25) is 0 Å². The quantitative estimate of drug-likeness (QED) is 0.292. The molecule has 2 aliphatic heterocycles. The Kier molecular flexibility index (Phi) is 3.14. The highest BCUT2D eigenvalue weighted by atomic mass is 16.5. The van der Waals surface area contributed by atoms with E-state index < -0.39 is 46.7 Å². The number of Topliss-reactive ketones (excluding diaryl/α,β-unsaturated/α-hetero) is 1. The monoisotopic (exact) mass is 460 g/mol. The summed E-state index contributed by atoms with van der Waals surface area (Å²) >= 11 is 0. The Morgan fingerprint density at radius 2 is 1.56 bits per heavy atom. The van der Waals surface area contributed by atoms with Gasteiger partial charge < -0.3 is 29.9 Å². The minimum absolute atomic E-state index is 0.108. The average Bonchev–Trinajstić information content (AvgIpc) is 3.19. The van der Waals surface area contributed by atoms with Crippen molar-refractivity contribution in [3.8, 4) is 23.0 Å². The van der Waals surface area contributed by atoms with E-state index in [1.54, 1.807) is 13.8 Å². The lowest BCUT2D eigenvalue weighted by molar-refractivity contribution is 0.00719. The van der Waals surface area contributed by atoms with Gasteiger partial charge in [-0.1, -0.05) is 0 Å². The number of esters is 2. The molecule has 2 aliphatic carbocycles. The van der Waals surface area contributed by atoms with Crippen molar-refractivity contribution in [2.45, 2.75) is 31.3 Å². The van der Waals surface area contributed by atoms with Crippen LogP contribution in [-0.4, -0.2) is 50.9 Å². The van der Waals surface area contributed by atoms with Crippen molar-refractivity contribution in [1.29, 1.82) is 0 Å². The van der Waals surface area contributed by atoms with Crippen LogP contribution >= 0.6 is 0 Å². The van der Waals surface area contributed by atoms with Gasteiger partial charge in [0.1, 0.15) is 29.2 Å². The molecule has 4 N–H and O–H groups in total. The lowest BCUT2D eigenvalue weighted by atomic mass is 9.63. The number of phenols is 3. The Morgan fingerprint density at radius 3 is 2.29 bits per heavy atom. The van der Waals surface area contributed by atoms with Crippen LogP contribution in [-0.2, 0) is 10.2 Å². The van der Waals surface area contributed by atoms with Gasteiger partial charge in [-0.2, -0.15) is 0 Å². The zero-order valence-corrected chi connectivity index (χ0v) is 17.8. The number of carbonyl (C=O) groups excluding carboxylic acids is 3. The Bertz CT molecular complexity index is 1620. The van der Waals surface area contributed by atoms with Crippen LogP contribution in [0.1, 0.15) is 64.8 Å². The van der Waals surface area contributed by atoms with E-state index in [-0.39, 0.29) is 51.3 Å². The molecule has 3 atom stereocenters. The van der Waals surface area contributed by atoms with E-state index in [2.05, 4.69) is 0 Å². The third-order valence-electron chi connectivity index (χ3n) is 7.81. The van der Waals surface area contributed by atoms with Crippen LogP contribution in [0.5, 0.6) is 23.0 Å². The molecule has 34 heavy (non-hydrogen) atoms. The molecule has 9 heteroatoms. The second kappa shape index (κ2) is 5.51. The lowest BCUT2D eigenvalue weighted by Crippen LogP contribution is -2.52. The summed E-state index contributed by atoms with van der Waals surface area (Å²) in [6.45, 7) is 2.91. The number of ether oxygens (including phenoxy) is 2. The number of cyclic esters (lactones) is 1. The molecule has 9 nitrogen and oxygen atoms in total. The number of aliphatic hydroxyl groups excluding tert-OH is 1. The number of hydrogen-bond acceptors (Lipinski definition) is 9. The minimum Gasteiger partial charge on any atom is -0.507 e. The van der Waals surface area contributed by atoms with Gasteiger partial charge in [0.05, 0.1) is 17.4 Å². The van der Waals surface area contributed by atoms with Crippen molar-refractivity contribution in [3.63, 3.8) is 0 Å². The lowest BCUT2D eigenvalue weighted by Gasteiger charge is -2.43. The first-order valence-electron chi connectivity index (χ1n) is 10.7. The fraction of sp³-hybridized carbons (Fsp3) is 0.240. The molecule has 0 amide bonds. The maximum absolute atomic E-state index is 13.9. The number of aromatic hydroxyl groups is 3. The number of fused-ring (bicyclic) bond motifs is 4. The van der Waals surface area contributed by atoms with Gasteiger partial charge in [-0.05, 0) is 53.6 Å². The number of benzene rings is 3. The number of aryl methyl sites for hydroxylation is 2. The molecule has 2 bridgehead atoms. The van der Waals surface area contributed by atoms with Crippen LogP contribution < -0.4 is 4.74 Å². The summed E-state index contributed by atoms with van der Waals surface area (Å²) < 4.78 is 10.7. The van der Waals surface area contributed by atoms with Crippen molar-refractivity contribution in [2.75, 3.05) is 6.61 Å². The molecule has 0 aromatic heterocycles. The summed E-state index contributed by atoms with van der Waals surface area (Å²) in [7, 11) is 0. The molecule has 0 radical (unpaired) electrons. The second-order valence-electron chi connectivity index (χ2n) is 9.37. The first-order chi connectivity index (χ1) is 16.1. The number of carbonyl (C=O) groups is 3. The Hall–Kier alpha value is -4.11. The van der Waals surface area contributed by atoms with Crippen LogP contribution in [0.25, 0.3) is 10.8 Å². The fourth-order valence-electron chi connectivity index (χ4n) is 6.61. The van der Waals surface area contributed by atoms with Crippen LogP contribution in [0.3, 0.4) is 0 Å². The standard InChI is InChI=1S/C25H16O9/c1-6-3-8(26)12-15-10(6)14-16-19(28)11-7(2)4-9(27)13-17(11)25(22(16)30,5-33-23(13)31)18(14)20(29)21(15)34-24(12)32/h3-4,16,22,26-27,29-30H,5H2,1-2H3/t16-,22+,25+/m1/s1. The summed E-state index contributed by atoms with van der Waals surface area (Å²) in [6, 6.07) is 2.68. The zero-order chi connectivity index (χ0) is 24.0. The third kappa shape index (κ3) is 1.73. The number of hydrogen-bond donors (Lipinski definition) is 4. The van der Waals surface area contributed by atoms with Crippen LogP contribution in [0.4, 0.5) is 0 Å². The van der Waals surface area contributed by atoms with E-state index in [4.69, 9.17) is 9.47 Å². The van der Waals surface area contributed by atoms with Crippen molar-refractivity contribution in [2.24, 2.45) is 0 Å². The highest BCUT2D eigenvalue weighted by Crippen LogP contribution is 2.66. The van der Waals surface area contributed by atoms with Gasteiger partial charge in [0, 0.05) is 16.5 Å². The van der Waals surface area contributed by atoms with Crippen molar-refractivity contribution < 1.29 is 44.3 Å². The molecule has 3 aromatic rings. The molecule has 3 aromatic carbocycles. The Labute approximate surface area is 190 Å². The zero-order valence-electron chi connectivity index (χ0n) is 17.8. The van der Waals surface area contributed by atoms with E-state index in [0.29, 0.717) is 22.1 Å². The molecule has 170 valence electrons. The predicted octanol–water partition coefficient (Wildman–Crippen LogP) is 2.22. The highest BCUT2D eigenvalue weighted by molar-refractivity contribution is 6.21. The van der Waals surface area contributed by atoms with Crippen molar-refractivity contribution in [3.05, 3.63) is 56.6 Å². The molecular formula is C25H16O9. The van der Waals surface area contributed by atoms with Crippen LogP contribution in [0.15, 0.2) is 12.1 Å². The summed E-state index contributed by atoms with van der Waals surface area (Å²) in [5.41, 5.74) is -0.289. The molecule has 7 rings (SSSR count). The molecule has 0 saturated carbocycles.